The maximum absolute atomic E-state index is 14.2. The minimum absolute atomic E-state index is 0.0371. The summed E-state index contributed by atoms with van der Waals surface area (Å²) >= 11 is 0. The molecule has 2 rings (SSSR count). The minimum Gasteiger partial charge on any atom is -0.326 e. The Hall–Kier alpha value is -0.970. The zero-order valence-corrected chi connectivity index (χ0v) is 12.7. The van der Waals surface area contributed by atoms with Gasteiger partial charge in [0, 0.05) is 37.3 Å². The van der Waals surface area contributed by atoms with Gasteiger partial charge in [-0.2, -0.15) is 0 Å². The van der Waals surface area contributed by atoms with E-state index in [1.54, 1.807) is 6.07 Å². The summed E-state index contributed by atoms with van der Waals surface area (Å²) in [7, 11) is 2.13. The number of nitrogens with zero attached hydrogens (tertiary/aromatic N) is 2. The summed E-state index contributed by atoms with van der Waals surface area (Å²) < 4.78 is 14.2. The van der Waals surface area contributed by atoms with E-state index in [1.807, 2.05) is 12.1 Å². The number of hydrogen-bond donors (Lipinski definition) is 1. The Labute approximate surface area is 121 Å². The molecule has 1 aromatic carbocycles. The first kappa shape index (κ1) is 15.4. The lowest BCUT2D eigenvalue weighted by molar-refractivity contribution is 0.0478. The molecule has 0 radical (unpaired) electrons. The molecule has 0 aliphatic carbocycles. The Kier molecular flexibility index (Phi) is 5.13. The molecular formula is C16H26FN3. The zero-order chi connectivity index (χ0) is 14.7. The number of likely N-dealkylation sites (N-methyl/N-ethyl adjacent to an activating group) is 1. The van der Waals surface area contributed by atoms with Crippen LogP contribution in [0, 0.1) is 5.82 Å². The topological polar surface area (TPSA) is 32.5 Å². The first-order chi connectivity index (χ1) is 9.54. The van der Waals surface area contributed by atoms with Crippen molar-refractivity contribution in [3.63, 3.8) is 0 Å². The lowest BCUT2D eigenvalue weighted by Crippen LogP contribution is -2.55. The second-order valence-electron chi connectivity index (χ2n) is 5.89. The third-order valence-corrected chi connectivity index (χ3v) is 4.34. The van der Waals surface area contributed by atoms with Crippen molar-refractivity contribution in [2.24, 2.45) is 5.73 Å². The smallest absolute Gasteiger partial charge is 0.128 e. The fraction of sp³-hybridized carbons (Fsp3) is 0.625. The number of hydrogen-bond acceptors (Lipinski definition) is 3. The van der Waals surface area contributed by atoms with Crippen LogP contribution in [0.5, 0.6) is 0 Å². The Balaban J connectivity index is 2.31. The van der Waals surface area contributed by atoms with Crippen LogP contribution in [0.4, 0.5) is 4.39 Å². The summed E-state index contributed by atoms with van der Waals surface area (Å²) in [5.74, 6) is -0.146. The van der Waals surface area contributed by atoms with Crippen LogP contribution in [0.2, 0.25) is 0 Å². The van der Waals surface area contributed by atoms with Crippen molar-refractivity contribution in [1.29, 1.82) is 0 Å². The molecule has 0 aromatic heterocycles. The fourth-order valence-corrected chi connectivity index (χ4v) is 3.16. The van der Waals surface area contributed by atoms with Crippen molar-refractivity contribution in [3.05, 3.63) is 35.6 Å². The molecule has 0 saturated carbocycles. The maximum atomic E-state index is 14.2. The van der Waals surface area contributed by atoms with Crippen LogP contribution in [-0.4, -0.2) is 48.6 Å². The first-order valence-electron chi connectivity index (χ1n) is 7.48. The van der Waals surface area contributed by atoms with E-state index in [1.165, 1.54) is 6.07 Å². The molecule has 4 heteroatoms. The van der Waals surface area contributed by atoms with Gasteiger partial charge in [-0.3, -0.25) is 4.90 Å². The average Bonchev–Trinajstić information content (AvgIpc) is 2.43. The fourth-order valence-electron chi connectivity index (χ4n) is 3.16. The zero-order valence-electron chi connectivity index (χ0n) is 12.7. The molecule has 3 nitrogen and oxygen atoms in total. The molecule has 0 amide bonds. The summed E-state index contributed by atoms with van der Waals surface area (Å²) in [4.78, 5) is 4.68. The highest BCUT2D eigenvalue weighted by Crippen LogP contribution is 2.30. The van der Waals surface area contributed by atoms with Crippen molar-refractivity contribution in [2.75, 3.05) is 26.7 Å². The molecule has 1 aromatic rings. The van der Waals surface area contributed by atoms with Gasteiger partial charge in [0.05, 0.1) is 6.04 Å². The van der Waals surface area contributed by atoms with E-state index in [0.29, 0.717) is 6.04 Å². The average molecular weight is 279 g/mol. The highest BCUT2D eigenvalue weighted by molar-refractivity contribution is 5.23. The van der Waals surface area contributed by atoms with Gasteiger partial charge in [0.15, 0.2) is 0 Å². The van der Waals surface area contributed by atoms with Gasteiger partial charge in [-0.25, -0.2) is 4.39 Å². The summed E-state index contributed by atoms with van der Waals surface area (Å²) in [6, 6.07) is 7.35. The molecule has 2 N–H and O–H groups in total. The standard InChI is InChI=1S/C16H26FN3/c1-4-15(18)16(13-7-5-6-8-14(13)17)20-10-9-19(3)11-12(20)2/h5-8,12,15-16H,4,9-11,18H2,1-3H3. The van der Waals surface area contributed by atoms with Crippen LogP contribution in [0.1, 0.15) is 31.9 Å². The van der Waals surface area contributed by atoms with Gasteiger partial charge in [-0.1, -0.05) is 25.1 Å². The number of rotatable bonds is 4. The van der Waals surface area contributed by atoms with Crippen LogP contribution in [-0.2, 0) is 0 Å². The van der Waals surface area contributed by atoms with E-state index < -0.39 is 0 Å². The molecule has 112 valence electrons. The van der Waals surface area contributed by atoms with Crippen LogP contribution < -0.4 is 5.73 Å². The quantitative estimate of drug-likeness (QED) is 0.917. The molecule has 3 unspecified atom stereocenters. The summed E-state index contributed by atoms with van der Waals surface area (Å²) in [5, 5.41) is 0. The van der Waals surface area contributed by atoms with Crippen molar-refractivity contribution in [2.45, 2.75) is 38.4 Å². The molecule has 1 fully saturated rings. The van der Waals surface area contributed by atoms with Crippen molar-refractivity contribution >= 4 is 0 Å². The van der Waals surface area contributed by atoms with Gasteiger partial charge in [0.25, 0.3) is 0 Å². The van der Waals surface area contributed by atoms with Gasteiger partial charge < -0.3 is 10.6 Å². The summed E-state index contributed by atoms with van der Waals surface area (Å²) in [6.07, 6.45) is 0.845. The van der Waals surface area contributed by atoms with E-state index in [4.69, 9.17) is 5.73 Å². The van der Waals surface area contributed by atoms with Crippen molar-refractivity contribution in [1.82, 2.24) is 9.80 Å². The molecular weight excluding hydrogens is 253 g/mol. The first-order valence-corrected chi connectivity index (χ1v) is 7.48. The predicted octanol–water partition coefficient (Wildman–Crippen LogP) is 2.24. The monoisotopic (exact) mass is 279 g/mol. The van der Waals surface area contributed by atoms with Gasteiger partial charge in [0.1, 0.15) is 5.82 Å². The van der Waals surface area contributed by atoms with Gasteiger partial charge in [0.2, 0.25) is 0 Å². The minimum atomic E-state index is -0.146. The van der Waals surface area contributed by atoms with E-state index in [-0.39, 0.29) is 17.9 Å². The SMILES string of the molecule is CCC(N)C(c1ccccc1F)N1CCN(C)CC1C. The molecule has 0 spiro atoms. The highest BCUT2D eigenvalue weighted by Gasteiger charge is 2.33. The number of piperazine rings is 1. The van der Waals surface area contributed by atoms with Crippen molar-refractivity contribution in [3.8, 4) is 0 Å². The molecule has 20 heavy (non-hydrogen) atoms. The molecule has 1 saturated heterocycles. The van der Waals surface area contributed by atoms with Crippen LogP contribution in [0.3, 0.4) is 0 Å². The van der Waals surface area contributed by atoms with Crippen LogP contribution in [0.15, 0.2) is 24.3 Å². The molecule has 3 atom stereocenters. The molecule has 1 heterocycles. The largest absolute Gasteiger partial charge is 0.326 e. The third-order valence-electron chi connectivity index (χ3n) is 4.34. The maximum Gasteiger partial charge on any atom is 0.128 e. The number of benzene rings is 1. The summed E-state index contributed by atoms with van der Waals surface area (Å²) in [6.45, 7) is 7.21. The predicted molar refractivity (Wildman–Crippen MR) is 81.1 cm³/mol. The Bertz CT molecular complexity index is 437. The van der Waals surface area contributed by atoms with Gasteiger partial charge in [-0.05, 0) is 26.5 Å². The highest BCUT2D eigenvalue weighted by atomic mass is 19.1. The second-order valence-corrected chi connectivity index (χ2v) is 5.89. The van der Waals surface area contributed by atoms with E-state index in [0.717, 1.165) is 31.6 Å². The molecule has 1 aliphatic heterocycles. The Morgan fingerprint density at radius 2 is 2.05 bits per heavy atom. The lowest BCUT2D eigenvalue weighted by Gasteiger charge is -2.45. The van der Waals surface area contributed by atoms with E-state index >= 15 is 0 Å². The third kappa shape index (κ3) is 3.19. The second kappa shape index (κ2) is 6.66. The van der Waals surface area contributed by atoms with E-state index in [9.17, 15) is 4.39 Å². The Morgan fingerprint density at radius 1 is 1.35 bits per heavy atom. The van der Waals surface area contributed by atoms with E-state index in [2.05, 4.69) is 30.7 Å². The lowest BCUT2D eigenvalue weighted by atomic mass is 9.93. The van der Waals surface area contributed by atoms with Gasteiger partial charge in [-0.15, -0.1) is 0 Å². The summed E-state index contributed by atoms with van der Waals surface area (Å²) in [5.41, 5.74) is 7.06. The number of nitrogens with two attached hydrogens (primary N) is 1. The molecule has 1 aliphatic rings. The normalized spacial score (nSPS) is 24.6. The van der Waals surface area contributed by atoms with Crippen LogP contribution >= 0.6 is 0 Å². The van der Waals surface area contributed by atoms with Gasteiger partial charge >= 0.3 is 0 Å². The van der Waals surface area contributed by atoms with Crippen LogP contribution in [0.25, 0.3) is 0 Å². The molecule has 0 bridgehead atoms. The number of halogens is 1. The van der Waals surface area contributed by atoms with Crippen molar-refractivity contribution < 1.29 is 4.39 Å². The Morgan fingerprint density at radius 3 is 2.65 bits per heavy atom.